The molecule has 0 spiro atoms. The Hall–Kier alpha value is -1.76. The fourth-order valence-electron chi connectivity index (χ4n) is 1.57. The van der Waals surface area contributed by atoms with Crippen LogP contribution in [-0.2, 0) is 6.54 Å². The van der Waals surface area contributed by atoms with E-state index in [9.17, 15) is 4.39 Å². The van der Waals surface area contributed by atoms with E-state index >= 15 is 0 Å². The van der Waals surface area contributed by atoms with Crippen LogP contribution >= 0.6 is 23.2 Å². The maximum atomic E-state index is 13.3. The van der Waals surface area contributed by atoms with Crippen molar-refractivity contribution in [3.05, 3.63) is 63.4 Å². The summed E-state index contributed by atoms with van der Waals surface area (Å²) in [6, 6.07) is 11.7. The molecule has 0 amide bonds. The van der Waals surface area contributed by atoms with Gasteiger partial charge in [-0.3, -0.25) is 0 Å². The summed E-state index contributed by atoms with van der Waals surface area (Å²) >= 11 is 11.5. The second-order valence-corrected chi connectivity index (χ2v) is 4.72. The molecule has 0 fully saturated rings. The third-order valence-corrected chi connectivity index (χ3v) is 3.19. The Morgan fingerprint density at radius 1 is 1.11 bits per heavy atom. The molecule has 2 aromatic rings. The molecular weight excluding hydrogens is 286 g/mol. The Bertz CT molecular complexity index is 650. The van der Waals surface area contributed by atoms with Crippen LogP contribution in [0.5, 0.6) is 0 Å². The van der Waals surface area contributed by atoms with Crippen molar-refractivity contribution >= 4 is 28.9 Å². The van der Waals surface area contributed by atoms with E-state index in [0.717, 1.165) is 11.3 Å². The van der Waals surface area contributed by atoms with Crippen LogP contribution in [0.2, 0.25) is 10.0 Å². The predicted octanol–water partition coefficient (Wildman–Crippen LogP) is 4.62. The Balaban J connectivity index is 2.08. The first-order chi connectivity index (χ1) is 9.10. The van der Waals surface area contributed by atoms with Crippen LogP contribution < -0.4 is 5.32 Å². The summed E-state index contributed by atoms with van der Waals surface area (Å²) < 4.78 is 13.3. The summed E-state index contributed by atoms with van der Waals surface area (Å²) in [7, 11) is 0. The number of hydrogen-bond acceptors (Lipinski definition) is 2. The van der Waals surface area contributed by atoms with E-state index in [1.807, 2.05) is 6.07 Å². The van der Waals surface area contributed by atoms with Gasteiger partial charge < -0.3 is 5.32 Å². The largest absolute Gasteiger partial charge is 0.381 e. The topological polar surface area (TPSA) is 35.8 Å². The molecule has 2 aromatic carbocycles. The van der Waals surface area contributed by atoms with Crippen molar-refractivity contribution < 1.29 is 4.39 Å². The number of hydrogen-bond donors (Lipinski definition) is 1. The molecule has 2 rings (SSSR count). The summed E-state index contributed by atoms with van der Waals surface area (Å²) in [5.74, 6) is -0.446. The lowest BCUT2D eigenvalue weighted by Crippen LogP contribution is -2.00. The summed E-state index contributed by atoms with van der Waals surface area (Å²) in [5.41, 5.74) is 1.95. The zero-order valence-electron chi connectivity index (χ0n) is 9.75. The van der Waals surface area contributed by atoms with Gasteiger partial charge in [-0.05, 0) is 35.9 Å². The van der Waals surface area contributed by atoms with Gasteiger partial charge in [-0.2, -0.15) is 5.26 Å². The van der Waals surface area contributed by atoms with Gasteiger partial charge in [0.05, 0.1) is 15.6 Å². The normalized spacial score (nSPS) is 10.0. The Labute approximate surface area is 120 Å². The summed E-state index contributed by atoms with van der Waals surface area (Å²) in [6.07, 6.45) is 0. The molecule has 0 saturated heterocycles. The molecule has 0 bridgehead atoms. The second-order valence-electron chi connectivity index (χ2n) is 3.91. The molecule has 0 saturated carbocycles. The van der Waals surface area contributed by atoms with Crippen molar-refractivity contribution in [3.63, 3.8) is 0 Å². The second kappa shape index (κ2) is 5.92. The molecular formula is C14H9Cl2FN2. The minimum absolute atomic E-state index is 0.102. The molecule has 0 heterocycles. The number of anilines is 1. The van der Waals surface area contributed by atoms with Gasteiger partial charge in [0.2, 0.25) is 0 Å². The number of nitrogens with zero attached hydrogens (tertiary/aromatic N) is 1. The van der Waals surface area contributed by atoms with Crippen LogP contribution in [-0.4, -0.2) is 0 Å². The van der Waals surface area contributed by atoms with Gasteiger partial charge in [-0.15, -0.1) is 0 Å². The lowest BCUT2D eigenvalue weighted by atomic mass is 10.2. The lowest BCUT2D eigenvalue weighted by molar-refractivity contribution is 0.626. The highest BCUT2D eigenvalue weighted by Gasteiger charge is 2.03. The van der Waals surface area contributed by atoms with Gasteiger partial charge in [0.25, 0.3) is 0 Å². The molecule has 0 radical (unpaired) electrons. The third-order valence-electron chi connectivity index (χ3n) is 2.57. The van der Waals surface area contributed by atoms with Gasteiger partial charge in [0.1, 0.15) is 11.9 Å². The zero-order chi connectivity index (χ0) is 13.8. The highest BCUT2D eigenvalue weighted by Crippen LogP contribution is 2.21. The van der Waals surface area contributed by atoms with Crippen LogP contribution in [0.3, 0.4) is 0 Å². The molecule has 0 aromatic heterocycles. The van der Waals surface area contributed by atoms with Gasteiger partial charge >= 0.3 is 0 Å². The first-order valence-electron chi connectivity index (χ1n) is 5.47. The first-order valence-corrected chi connectivity index (χ1v) is 6.23. The number of nitriles is 1. The van der Waals surface area contributed by atoms with Crippen molar-refractivity contribution in [2.75, 3.05) is 5.32 Å². The molecule has 1 N–H and O–H groups in total. The highest BCUT2D eigenvalue weighted by molar-refractivity contribution is 6.32. The van der Waals surface area contributed by atoms with Crippen molar-refractivity contribution in [1.29, 1.82) is 5.26 Å². The van der Waals surface area contributed by atoms with Gasteiger partial charge in [-0.25, -0.2) is 4.39 Å². The smallest absolute Gasteiger partial charge is 0.142 e. The molecule has 0 aliphatic carbocycles. The van der Waals surface area contributed by atoms with Crippen molar-refractivity contribution in [2.45, 2.75) is 6.54 Å². The fraction of sp³-hybridized carbons (Fsp3) is 0.0714. The molecule has 96 valence electrons. The number of nitrogens with one attached hydrogen (secondary N) is 1. The van der Waals surface area contributed by atoms with E-state index in [4.69, 9.17) is 28.5 Å². The minimum Gasteiger partial charge on any atom is -0.381 e. The van der Waals surface area contributed by atoms with Crippen LogP contribution in [0.4, 0.5) is 10.1 Å². The van der Waals surface area contributed by atoms with Gasteiger partial charge in [0, 0.05) is 12.2 Å². The molecule has 0 unspecified atom stereocenters. The molecule has 2 nitrogen and oxygen atoms in total. The lowest BCUT2D eigenvalue weighted by Gasteiger charge is -2.08. The van der Waals surface area contributed by atoms with Gasteiger partial charge in [0.15, 0.2) is 0 Å². The summed E-state index contributed by atoms with van der Waals surface area (Å²) in [4.78, 5) is 0. The molecule has 19 heavy (non-hydrogen) atoms. The van der Waals surface area contributed by atoms with E-state index in [0.29, 0.717) is 17.1 Å². The van der Waals surface area contributed by atoms with Crippen LogP contribution in [0, 0.1) is 17.1 Å². The van der Waals surface area contributed by atoms with E-state index in [1.165, 1.54) is 12.1 Å². The van der Waals surface area contributed by atoms with E-state index in [-0.39, 0.29) is 5.02 Å². The maximum Gasteiger partial charge on any atom is 0.142 e. The SMILES string of the molecule is N#Cc1ccc(NCc2ccc(Cl)c(F)c2)cc1Cl. The molecule has 5 heteroatoms. The third kappa shape index (κ3) is 3.37. The first kappa shape index (κ1) is 13.7. The molecule has 0 aliphatic heterocycles. The van der Waals surface area contributed by atoms with E-state index in [2.05, 4.69) is 5.32 Å². The predicted molar refractivity (Wildman–Crippen MR) is 74.9 cm³/mol. The van der Waals surface area contributed by atoms with E-state index < -0.39 is 5.82 Å². The quantitative estimate of drug-likeness (QED) is 0.897. The fourth-order valence-corrected chi connectivity index (χ4v) is 1.91. The standard InChI is InChI=1S/C14H9Cl2FN2/c15-12-4-1-9(5-14(12)17)8-19-11-3-2-10(7-18)13(16)6-11/h1-6,19H,8H2. The monoisotopic (exact) mass is 294 g/mol. The Morgan fingerprint density at radius 3 is 2.53 bits per heavy atom. The minimum atomic E-state index is -0.446. The maximum absolute atomic E-state index is 13.3. The zero-order valence-corrected chi connectivity index (χ0v) is 11.3. The van der Waals surface area contributed by atoms with E-state index in [1.54, 1.807) is 24.3 Å². The highest BCUT2D eigenvalue weighted by atomic mass is 35.5. The number of rotatable bonds is 3. The summed E-state index contributed by atoms with van der Waals surface area (Å²) in [5, 5.41) is 12.3. The van der Waals surface area contributed by atoms with Crippen LogP contribution in [0.1, 0.15) is 11.1 Å². The Morgan fingerprint density at radius 2 is 1.89 bits per heavy atom. The van der Waals surface area contributed by atoms with Crippen LogP contribution in [0.25, 0.3) is 0 Å². The van der Waals surface area contributed by atoms with Crippen LogP contribution in [0.15, 0.2) is 36.4 Å². The van der Waals surface area contributed by atoms with Crippen molar-refractivity contribution in [1.82, 2.24) is 0 Å². The molecule has 0 aliphatic rings. The average molecular weight is 295 g/mol. The average Bonchev–Trinajstić information content (AvgIpc) is 2.40. The number of halogens is 3. The van der Waals surface area contributed by atoms with Crippen molar-refractivity contribution in [2.24, 2.45) is 0 Å². The van der Waals surface area contributed by atoms with Crippen molar-refractivity contribution in [3.8, 4) is 6.07 Å². The molecule has 0 atom stereocenters. The Kier molecular flexibility index (Phi) is 4.26. The number of benzene rings is 2. The summed E-state index contributed by atoms with van der Waals surface area (Å²) in [6.45, 7) is 0.441. The van der Waals surface area contributed by atoms with Gasteiger partial charge in [-0.1, -0.05) is 29.3 Å².